The van der Waals surface area contributed by atoms with Gasteiger partial charge in [-0.1, -0.05) is 22.0 Å². The Kier molecular flexibility index (Phi) is 4.51. The third-order valence-electron chi connectivity index (χ3n) is 2.34. The second-order valence-electron chi connectivity index (χ2n) is 3.59. The van der Waals surface area contributed by atoms with Crippen molar-refractivity contribution >= 4 is 21.8 Å². The van der Waals surface area contributed by atoms with Crippen molar-refractivity contribution in [2.24, 2.45) is 0 Å². The molecule has 0 atom stereocenters. The Hall–Kier alpha value is -1.34. The Morgan fingerprint density at radius 2 is 2.25 bits per heavy atom. The summed E-state index contributed by atoms with van der Waals surface area (Å²) in [6.07, 6.45) is 0.356. The number of aryl methyl sites for hydroxylation is 1. The third-order valence-corrected chi connectivity index (χ3v) is 2.83. The molecular formula is C12H13BrN2O. The van der Waals surface area contributed by atoms with E-state index in [1.54, 1.807) is 18.0 Å². The molecule has 0 fully saturated rings. The molecule has 3 nitrogen and oxygen atoms in total. The van der Waals surface area contributed by atoms with E-state index in [2.05, 4.69) is 15.9 Å². The van der Waals surface area contributed by atoms with Gasteiger partial charge in [0.15, 0.2) is 0 Å². The quantitative estimate of drug-likeness (QED) is 0.855. The van der Waals surface area contributed by atoms with Crippen LogP contribution < -0.4 is 0 Å². The molecule has 16 heavy (non-hydrogen) atoms. The topological polar surface area (TPSA) is 44.1 Å². The molecule has 0 aliphatic carbocycles. The summed E-state index contributed by atoms with van der Waals surface area (Å²) in [7, 11) is 1.71. The Balaban J connectivity index is 2.88. The molecule has 1 aromatic carbocycles. The largest absolute Gasteiger partial charge is 0.341 e. The lowest BCUT2D eigenvalue weighted by atomic mass is 10.1. The summed E-state index contributed by atoms with van der Waals surface area (Å²) in [5, 5.41) is 8.47. The van der Waals surface area contributed by atoms with Gasteiger partial charge in [-0.15, -0.1) is 0 Å². The number of hydrogen-bond donors (Lipinski definition) is 0. The molecule has 0 radical (unpaired) electrons. The monoisotopic (exact) mass is 280 g/mol. The number of halogens is 1. The van der Waals surface area contributed by atoms with Crippen LogP contribution in [0.1, 0.15) is 22.3 Å². The van der Waals surface area contributed by atoms with Gasteiger partial charge in [0.05, 0.1) is 12.5 Å². The first-order chi connectivity index (χ1) is 7.56. The van der Waals surface area contributed by atoms with Crippen LogP contribution in [0.15, 0.2) is 22.7 Å². The predicted molar refractivity (Wildman–Crippen MR) is 66.1 cm³/mol. The van der Waals surface area contributed by atoms with Crippen LogP contribution in [0.4, 0.5) is 0 Å². The zero-order chi connectivity index (χ0) is 12.1. The molecule has 0 aliphatic heterocycles. The summed E-state index contributed by atoms with van der Waals surface area (Å²) in [5.41, 5.74) is 1.62. The summed E-state index contributed by atoms with van der Waals surface area (Å²) >= 11 is 3.34. The second-order valence-corrected chi connectivity index (χ2v) is 4.51. The molecular weight excluding hydrogens is 268 g/mol. The van der Waals surface area contributed by atoms with Crippen LogP contribution >= 0.6 is 15.9 Å². The van der Waals surface area contributed by atoms with E-state index in [0.29, 0.717) is 18.5 Å². The van der Waals surface area contributed by atoms with Crippen molar-refractivity contribution in [1.82, 2.24) is 4.90 Å². The minimum absolute atomic E-state index is 0.0472. The van der Waals surface area contributed by atoms with E-state index in [-0.39, 0.29) is 5.91 Å². The van der Waals surface area contributed by atoms with Crippen molar-refractivity contribution in [2.75, 3.05) is 13.6 Å². The van der Waals surface area contributed by atoms with Gasteiger partial charge < -0.3 is 4.90 Å². The van der Waals surface area contributed by atoms with Crippen LogP contribution in [0.3, 0.4) is 0 Å². The van der Waals surface area contributed by atoms with Crippen molar-refractivity contribution in [1.29, 1.82) is 5.26 Å². The van der Waals surface area contributed by atoms with Gasteiger partial charge in [-0.05, 0) is 24.6 Å². The Morgan fingerprint density at radius 1 is 1.56 bits per heavy atom. The lowest BCUT2D eigenvalue weighted by molar-refractivity contribution is 0.0797. The fraction of sp³-hybridized carbons (Fsp3) is 0.333. The smallest absolute Gasteiger partial charge is 0.253 e. The molecule has 0 unspecified atom stereocenters. The van der Waals surface area contributed by atoms with Crippen molar-refractivity contribution in [3.8, 4) is 6.07 Å². The second kappa shape index (κ2) is 5.66. The maximum Gasteiger partial charge on any atom is 0.253 e. The molecule has 1 rings (SSSR count). The maximum atomic E-state index is 12.0. The van der Waals surface area contributed by atoms with E-state index in [4.69, 9.17) is 5.26 Å². The highest BCUT2D eigenvalue weighted by atomic mass is 79.9. The number of carbonyl (C=O) groups is 1. The lowest BCUT2D eigenvalue weighted by Crippen LogP contribution is -2.28. The SMILES string of the molecule is Cc1ccc(Br)cc1C(=O)N(C)CCC#N. The molecule has 0 bridgehead atoms. The molecule has 1 amide bonds. The Bertz CT molecular complexity index is 437. The predicted octanol–water partition coefficient (Wildman–Crippen LogP) is 2.74. The lowest BCUT2D eigenvalue weighted by Gasteiger charge is -2.16. The van der Waals surface area contributed by atoms with Gasteiger partial charge in [-0.3, -0.25) is 4.79 Å². The molecule has 0 saturated carbocycles. The van der Waals surface area contributed by atoms with Crippen LogP contribution in [0.2, 0.25) is 0 Å². The number of carbonyl (C=O) groups excluding carboxylic acids is 1. The molecule has 0 heterocycles. The standard InChI is InChI=1S/C12H13BrN2O/c1-9-4-5-10(13)8-11(9)12(16)15(2)7-3-6-14/h4-5,8H,3,7H2,1-2H3. The van der Waals surface area contributed by atoms with Gasteiger partial charge in [0.1, 0.15) is 0 Å². The van der Waals surface area contributed by atoms with E-state index in [9.17, 15) is 4.79 Å². The highest BCUT2D eigenvalue weighted by Gasteiger charge is 2.13. The van der Waals surface area contributed by atoms with Gasteiger partial charge in [0.25, 0.3) is 5.91 Å². The summed E-state index contributed by atoms with van der Waals surface area (Å²) in [6, 6.07) is 7.64. The summed E-state index contributed by atoms with van der Waals surface area (Å²) in [6.45, 7) is 2.36. The third kappa shape index (κ3) is 3.07. The van der Waals surface area contributed by atoms with Gasteiger partial charge in [-0.2, -0.15) is 5.26 Å². The first kappa shape index (κ1) is 12.7. The van der Waals surface area contributed by atoms with E-state index < -0.39 is 0 Å². The van der Waals surface area contributed by atoms with E-state index in [1.165, 1.54) is 0 Å². The molecule has 0 aliphatic rings. The molecule has 0 N–H and O–H groups in total. The van der Waals surface area contributed by atoms with Crippen molar-refractivity contribution in [2.45, 2.75) is 13.3 Å². The van der Waals surface area contributed by atoms with Crippen LogP contribution in [0.25, 0.3) is 0 Å². The molecule has 1 aromatic rings. The average molecular weight is 281 g/mol. The van der Waals surface area contributed by atoms with Gasteiger partial charge in [0.2, 0.25) is 0 Å². The molecule has 84 valence electrons. The molecule has 0 aromatic heterocycles. The number of amides is 1. The normalized spacial score (nSPS) is 9.62. The van der Waals surface area contributed by atoms with Crippen LogP contribution in [0, 0.1) is 18.3 Å². The van der Waals surface area contributed by atoms with E-state index >= 15 is 0 Å². The first-order valence-corrected chi connectivity index (χ1v) is 5.74. The molecule has 4 heteroatoms. The number of nitriles is 1. The Labute approximate surface area is 104 Å². The zero-order valence-electron chi connectivity index (χ0n) is 9.33. The van der Waals surface area contributed by atoms with Crippen molar-refractivity contribution in [3.05, 3.63) is 33.8 Å². The maximum absolute atomic E-state index is 12.0. The summed E-state index contributed by atoms with van der Waals surface area (Å²) < 4.78 is 0.884. The number of hydrogen-bond acceptors (Lipinski definition) is 2. The highest BCUT2D eigenvalue weighted by Crippen LogP contribution is 2.17. The molecule has 0 saturated heterocycles. The Morgan fingerprint density at radius 3 is 2.88 bits per heavy atom. The summed E-state index contributed by atoms with van der Waals surface area (Å²) in [5.74, 6) is -0.0472. The van der Waals surface area contributed by atoms with E-state index in [1.807, 2.05) is 25.1 Å². The molecule has 0 spiro atoms. The number of nitrogens with zero attached hydrogens (tertiary/aromatic N) is 2. The van der Waals surface area contributed by atoms with Crippen molar-refractivity contribution in [3.63, 3.8) is 0 Å². The minimum atomic E-state index is -0.0472. The van der Waals surface area contributed by atoms with Crippen LogP contribution in [0.5, 0.6) is 0 Å². The van der Waals surface area contributed by atoms with Crippen LogP contribution in [-0.4, -0.2) is 24.4 Å². The first-order valence-electron chi connectivity index (χ1n) is 4.95. The minimum Gasteiger partial charge on any atom is -0.341 e. The van der Waals surface area contributed by atoms with E-state index in [0.717, 1.165) is 10.0 Å². The highest BCUT2D eigenvalue weighted by molar-refractivity contribution is 9.10. The van der Waals surface area contributed by atoms with Gasteiger partial charge in [-0.25, -0.2) is 0 Å². The van der Waals surface area contributed by atoms with Gasteiger partial charge in [0, 0.05) is 23.6 Å². The number of rotatable bonds is 3. The van der Waals surface area contributed by atoms with Gasteiger partial charge >= 0.3 is 0 Å². The zero-order valence-corrected chi connectivity index (χ0v) is 10.9. The number of benzene rings is 1. The average Bonchev–Trinajstić information content (AvgIpc) is 2.28. The fourth-order valence-electron chi connectivity index (χ4n) is 1.35. The summed E-state index contributed by atoms with van der Waals surface area (Å²) in [4.78, 5) is 13.6. The van der Waals surface area contributed by atoms with Crippen LogP contribution in [-0.2, 0) is 0 Å². The fourth-order valence-corrected chi connectivity index (χ4v) is 1.71. The van der Waals surface area contributed by atoms with Crippen molar-refractivity contribution < 1.29 is 4.79 Å².